The minimum atomic E-state index is -0.251. The van der Waals surface area contributed by atoms with Crippen molar-refractivity contribution in [2.45, 2.75) is 32.1 Å². The maximum absolute atomic E-state index is 6.18. The van der Waals surface area contributed by atoms with Crippen molar-refractivity contribution < 1.29 is 0 Å². The smallest absolute Gasteiger partial charge is 0.147 e. The molecule has 0 saturated carbocycles. The third kappa shape index (κ3) is 2.81. The van der Waals surface area contributed by atoms with Gasteiger partial charge in [0.15, 0.2) is 0 Å². The summed E-state index contributed by atoms with van der Waals surface area (Å²) in [4.78, 5) is 8.97. The molecule has 1 aromatic carbocycles. The molecule has 0 bridgehead atoms. The summed E-state index contributed by atoms with van der Waals surface area (Å²) in [5.74, 6) is 0.698. The van der Waals surface area contributed by atoms with Gasteiger partial charge in [0, 0.05) is 0 Å². The third-order valence-electron chi connectivity index (χ3n) is 3.73. The molecule has 1 aromatic heterocycles. The Labute approximate surface area is 143 Å². The second-order valence-electron chi connectivity index (χ2n) is 4.60. The highest BCUT2D eigenvalue weighted by Crippen LogP contribution is 2.38. The molecule has 0 aliphatic carbocycles. The molecule has 5 heteroatoms. The minimum absolute atomic E-state index is 0.251. The lowest BCUT2D eigenvalue weighted by Gasteiger charge is -2.31. The van der Waals surface area contributed by atoms with Crippen LogP contribution in [0.3, 0.4) is 0 Å². The van der Waals surface area contributed by atoms with E-state index in [-0.39, 0.29) is 5.41 Å². The predicted octanol–water partition coefficient (Wildman–Crippen LogP) is 5.49. The van der Waals surface area contributed by atoms with Crippen LogP contribution in [0.1, 0.15) is 38.1 Å². The molecule has 2 rings (SSSR count). The van der Waals surface area contributed by atoms with Crippen LogP contribution < -0.4 is 0 Å². The van der Waals surface area contributed by atoms with Crippen molar-refractivity contribution in [1.29, 1.82) is 0 Å². The number of hydrogen-bond donors (Lipinski definition) is 0. The number of halogens is 3. The molecule has 0 radical (unpaired) electrons. The van der Waals surface area contributed by atoms with E-state index in [0.29, 0.717) is 19.7 Å². The van der Waals surface area contributed by atoms with Gasteiger partial charge in [0.25, 0.3) is 0 Å². The van der Waals surface area contributed by atoms with E-state index in [9.17, 15) is 0 Å². The first kappa shape index (κ1) is 16.0. The normalized spacial score (nSPS) is 11.7. The van der Waals surface area contributed by atoms with Gasteiger partial charge in [-0.05, 0) is 41.0 Å². The maximum Gasteiger partial charge on any atom is 0.147 e. The number of nitrogens with zero attached hydrogens (tertiary/aromatic N) is 2. The molecular formula is C15H15Cl2IN2. The Morgan fingerprint density at radius 1 is 1.00 bits per heavy atom. The quantitative estimate of drug-likeness (QED) is 0.482. The zero-order valence-electron chi connectivity index (χ0n) is 11.3. The first-order valence-corrected chi connectivity index (χ1v) is 8.33. The van der Waals surface area contributed by atoms with Gasteiger partial charge < -0.3 is 0 Å². The zero-order valence-corrected chi connectivity index (χ0v) is 15.0. The fourth-order valence-electron chi connectivity index (χ4n) is 2.47. The second-order valence-corrected chi connectivity index (χ2v) is 6.39. The van der Waals surface area contributed by atoms with E-state index in [0.717, 1.165) is 12.8 Å². The van der Waals surface area contributed by atoms with Crippen LogP contribution in [0.4, 0.5) is 0 Å². The van der Waals surface area contributed by atoms with Gasteiger partial charge in [-0.1, -0.05) is 67.4 Å². The molecule has 0 fully saturated rings. The molecule has 0 amide bonds. The molecule has 0 aliphatic heterocycles. The first-order valence-electron chi connectivity index (χ1n) is 6.49. The van der Waals surface area contributed by atoms with E-state index in [1.807, 2.05) is 18.2 Å². The SMILES string of the molecule is CCC(CC)(c1ccccc1)c1nc(Cl)c(I)c(Cl)n1. The molecule has 2 nitrogen and oxygen atoms in total. The zero-order chi connectivity index (χ0) is 14.8. The molecule has 0 saturated heterocycles. The summed E-state index contributed by atoms with van der Waals surface area (Å²) in [5.41, 5.74) is 0.942. The Bertz CT molecular complexity index is 575. The summed E-state index contributed by atoms with van der Waals surface area (Å²) in [5, 5.41) is 0.839. The fourth-order valence-corrected chi connectivity index (χ4v) is 3.10. The molecular weight excluding hydrogens is 406 g/mol. The average molecular weight is 421 g/mol. The Morgan fingerprint density at radius 3 is 1.95 bits per heavy atom. The predicted molar refractivity (Wildman–Crippen MR) is 92.6 cm³/mol. The maximum atomic E-state index is 6.18. The van der Waals surface area contributed by atoms with Gasteiger partial charge in [-0.2, -0.15) is 0 Å². The van der Waals surface area contributed by atoms with Crippen LogP contribution in [0.5, 0.6) is 0 Å². The van der Waals surface area contributed by atoms with Crippen LogP contribution in [0.15, 0.2) is 30.3 Å². The van der Waals surface area contributed by atoms with E-state index in [2.05, 4.69) is 58.5 Å². The minimum Gasteiger partial charge on any atom is -0.219 e. The van der Waals surface area contributed by atoms with Crippen molar-refractivity contribution >= 4 is 45.8 Å². The molecule has 0 aliphatic rings. The van der Waals surface area contributed by atoms with Crippen LogP contribution in [-0.2, 0) is 5.41 Å². The fraction of sp³-hybridized carbons (Fsp3) is 0.333. The lowest BCUT2D eigenvalue weighted by atomic mass is 9.75. The Kier molecular flexibility index (Phi) is 5.26. The summed E-state index contributed by atoms with van der Waals surface area (Å²) in [6, 6.07) is 10.3. The third-order valence-corrected chi connectivity index (χ3v) is 5.94. The Hall–Kier alpha value is -0.390. The largest absolute Gasteiger partial charge is 0.219 e. The van der Waals surface area contributed by atoms with Gasteiger partial charge in [0.05, 0.1) is 8.99 Å². The van der Waals surface area contributed by atoms with Crippen molar-refractivity contribution in [3.05, 3.63) is 55.6 Å². The number of hydrogen-bond acceptors (Lipinski definition) is 2. The standard InChI is InChI=1S/C15H15Cl2IN2/c1-3-15(4-2,10-8-6-5-7-9-10)14-19-12(16)11(18)13(17)20-14/h5-9H,3-4H2,1-2H3. The van der Waals surface area contributed by atoms with Crippen LogP contribution in [0.25, 0.3) is 0 Å². The second kappa shape index (κ2) is 6.58. The van der Waals surface area contributed by atoms with E-state index in [4.69, 9.17) is 23.2 Å². The molecule has 0 N–H and O–H groups in total. The van der Waals surface area contributed by atoms with Gasteiger partial charge in [-0.3, -0.25) is 0 Å². The molecule has 106 valence electrons. The van der Waals surface area contributed by atoms with Crippen LogP contribution in [0, 0.1) is 3.57 Å². The van der Waals surface area contributed by atoms with E-state index in [1.54, 1.807) is 0 Å². The van der Waals surface area contributed by atoms with Crippen molar-refractivity contribution in [2.24, 2.45) is 0 Å². The number of benzene rings is 1. The first-order chi connectivity index (χ1) is 9.55. The monoisotopic (exact) mass is 420 g/mol. The summed E-state index contributed by atoms with van der Waals surface area (Å²) in [7, 11) is 0. The van der Waals surface area contributed by atoms with Gasteiger partial charge in [-0.15, -0.1) is 0 Å². The molecule has 1 heterocycles. The Morgan fingerprint density at radius 2 is 1.50 bits per heavy atom. The summed E-state index contributed by atoms with van der Waals surface area (Å²) >= 11 is 14.4. The van der Waals surface area contributed by atoms with Crippen LogP contribution in [0.2, 0.25) is 10.3 Å². The lowest BCUT2D eigenvalue weighted by molar-refractivity contribution is 0.449. The van der Waals surface area contributed by atoms with Gasteiger partial charge in [-0.25, -0.2) is 9.97 Å². The highest BCUT2D eigenvalue weighted by molar-refractivity contribution is 14.1. The summed E-state index contributed by atoms with van der Waals surface area (Å²) in [6.07, 6.45) is 1.78. The van der Waals surface area contributed by atoms with Gasteiger partial charge in [0.2, 0.25) is 0 Å². The number of aromatic nitrogens is 2. The molecule has 0 atom stereocenters. The Balaban J connectivity index is 2.65. The average Bonchev–Trinajstić information content (AvgIpc) is 2.47. The van der Waals surface area contributed by atoms with Crippen molar-refractivity contribution in [3.63, 3.8) is 0 Å². The van der Waals surface area contributed by atoms with Crippen molar-refractivity contribution in [1.82, 2.24) is 9.97 Å². The van der Waals surface area contributed by atoms with Crippen molar-refractivity contribution in [3.8, 4) is 0 Å². The molecule has 20 heavy (non-hydrogen) atoms. The highest BCUT2D eigenvalue weighted by atomic mass is 127. The van der Waals surface area contributed by atoms with E-state index < -0.39 is 0 Å². The van der Waals surface area contributed by atoms with E-state index in [1.165, 1.54) is 5.56 Å². The van der Waals surface area contributed by atoms with E-state index >= 15 is 0 Å². The summed E-state index contributed by atoms with van der Waals surface area (Å²) < 4.78 is 0.698. The topological polar surface area (TPSA) is 25.8 Å². The molecule has 0 spiro atoms. The van der Waals surface area contributed by atoms with Crippen LogP contribution in [-0.4, -0.2) is 9.97 Å². The molecule has 2 aromatic rings. The highest BCUT2D eigenvalue weighted by Gasteiger charge is 2.34. The number of rotatable bonds is 4. The lowest BCUT2D eigenvalue weighted by Crippen LogP contribution is -2.29. The molecule has 0 unspecified atom stereocenters. The van der Waals surface area contributed by atoms with Gasteiger partial charge >= 0.3 is 0 Å². The van der Waals surface area contributed by atoms with Crippen LogP contribution >= 0.6 is 45.8 Å². The van der Waals surface area contributed by atoms with Crippen molar-refractivity contribution in [2.75, 3.05) is 0 Å². The summed E-state index contributed by atoms with van der Waals surface area (Å²) in [6.45, 7) is 4.28. The van der Waals surface area contributed by atoms with Gasteiger partial charge in [0.1, 0.15) is 16.1 Å².